The lowest BCUT2D eigenvalue weighted by Crippen LogP contribution is -2.07. The smallest absolute Gasteiger partial charge is 0.135 e. The standard InChI is InChI=1S/C15H16BrN3S/c16-13-10-14(19-15(18-13)11-6-7-11)17-8-9-20-12-4-2-1-3-5-12/h1-5,10-11H,6-9H2,(H,17,18,19). The molecule has 1 saturated carbocycles. The van der Waals surface area contributed by atoms with E-state index in [-0.39, 0.29) is 0 Å². The van der Waals surface area contributed by atoms with E-state index in [1.54, 1.807) is 0 Å². The fraction of sp³-hybridized carbons (Fsp3) is 0.333. The van der Waals surface area contributed by atoms with Crippen molar-refractivity contribution in [2.75, 3.05) is 17.6 Å². The molecule has 0 atom stereocenters. The fourth-order valence-electron chi connectivity index (χ4n) is 1.91. The summed E-state index contributed by atoms with van der Waals surface area (Å²) in [4.78, 5) is 10.3. The van der Waals surface area contributed by atoms with Crippen LogP contribution in [0.4, 0.5) is 5.82 Å². The van der Waals surface area contributed by atoms with Gasteiger partial charge in [0, 0.05) is 29.2 Å². The lowest BCUT2D eigenvalue weighted by molar-refractivity contribution is 0.913. The first-order chi connectivity index (χ1) is 9.81. The van der Waals surface area contributed by atoms with Crippen molar-refractivity contribution in [3.05, 3.63) is 46.8 Å². The molecule has 0 saturated heterocycles. The van der Waals surface area contributed by atoms with Crippen LogP contribution in [-0.2, 0) is 0 Å². The van der Waals surface area contributed by atoms with Crippen molar-refractivity contribution in [2.24, 2.45) is 0 Å². The van der Waals surface area contributed by atoms with Crippen molar-refractivity contribution >= 4 is 33.5 Å². The predicted octanol–water partition coefficient (Wildman–Crippen LogP) is 4.32. The van der Waals surface area contributed by atoms with Gasteiger partial charge in [-0.1, -0.05) is 18.2 Å². The van der Waals surface area contributed by atoms with E-state index in [4.69, 9.17) is 0 Å². The number of rotatable bonds is 6. The Morgan fingerprint density at radius 2 is 2.00 bits per heavy atom. The van der Waals surface area contributed by atoms with Crippen LogP contribution in [0.25, 0.3) is 0 Å². The van der Waals surface area contributed by atoms with Crippen LogP contribution in [0.3, 0.4) is 0 Å². The highest BCUT2D eigenvalue weighted by Crippen LogP contribution is 2.38. The number of aromatic nitrogens is 2. The third-order valence-electron chi connectivity index (χ3n) is 3.07. The van der Waals surface area contributed by atoms with E-state index in [0.717, 1.165) is 28.5 Å². The monoisotopic (exact) mass is 349 g/mol. The first kappa shape index (κ1) is 13.9. The molecule has 104 valence electrons. The molecule has 1 heterocycles. The Balaban J connectivity index is 1.51. The minimum atomic E-state index is 0.576. The minimum Gasteiger partial charge on any atom is -0.369 e. The Morgan fingerprint density at radius 1 is 1.20 bits per heavy atom. The van der Waals surface area contributed by atoms with Gasteiger partial charge in [0.1, 0.15) is 16.2 Å². The van der Waals surface area contributed by atoms with E-state index in [2.05, 4.69) is 55.5 Å². The number of thioether (sulfide) groups is 1. The first-order valence-electron chi connectivity index (χ1n) is 6.77. The number of hydrogen-bond donors (Lipinski definition) is 1. The normalized spacial score (nSPS) is 14.2. The molecule has 1 aliphatic rings. The molecule has 3 nitrogen and oxygen atoms in total. The fourth-order valence-corrected chi connectivity index (χ4v) is 3.10. The van der Waals surface area contributed by atoms with Crippen LogP contribution in [0.1, 0.15) is 24.6 Å². The van der Waals surface area contributed by atoms with Gasteiger partial charge >= 0.3 is 0 Å². The number of nitrogens with zero attached hydrogens (tertiary/aromatic N) is 2. The highest BCUT2D eigenvalue weighted by Gasteiger charge is 2.27. The Labute approximate surface area is 131 Å². The van der Waals surface area contributed by atoms with E-state index < -0.39 is 0 Å². The average molecular weight is 350 g/mol. The number of nitrogens with one attached hydrogen (secondary N) is 1. The molecule has 1 fully saturated rings. The maximum Gasteiger partial charge on any atom is 0.135 e. The number of anilines is 1. The molecule has 0 unspecified atom stereocenters. The van der Waals surface area contributed by atoms with Gasteiger partial charge in [0.25, 0.3) is 0 Å². The van der Waals surface area contributed by atoms with Gasteiger partial charge in [0.05, 0.1) is 0 Å². The first-order valence-corrected chi connectivity index (χ1v) is 8.55. The second-order valence-corrected chi connectivity index (χ2v) is 6.78. The van der Waals surface area contributed by atoms with Crippen LogP contribution in [0.15, 0.2) is 45.9 Å². The Bertz CT molecular complexity index is 573. The topological polar surface area (TPSA) is 37.8 Å². The molecule has 20 heavy (non-hydrogen) atoms. The minimum absolute atomic E-state index is 0.576. The number of halogens is 1. The van der Waals surface area contributed by atoms with E-state index >= 15 is 0 Å². The van der Waals surface area contributed by atoms with E-state index in [0.29, 0.717) is 5.92 Å². The highest BCUT2D eigenvalue weighted by molar-refractivity contribution is 9.10. The van der Waals surface area contributed by atoms with Gasteiger partial charge < -0.3 is 5.32 Å². The van der Waals surface area contributed by atoms with Gasteiger partial charge in [-0.15, -0.1) is 11.8 Å². The van der Waals surface area contributed by atoms with Crippen molar-refractivity contribution in [3.63, 3.8) is 0 Å². The van der Waals surface area contributed by atoms with E-state index in [1.165, 1.54) is 17.7 Å². The van der Waals surface area contributed by atoms with Gasteiger partial charge in [-0.05, 0) is 40.9 Å². The summed E-state index contributed by atoms with van der Waals surface area (Å²) in [6.45, 7) is 0.896. The van der Waals surface area contributed by atoms with Crippen molar-refractivity contribution in [1.82, 2.24) is 9.97 Å². The molecule has 0 radical (unpaired) electrons. The zero-order chi connectivity index (χ0) is 13.8. The summed E-state index contributed by atoms with van der Waals surface area (Å²) in [5.41, 5.74) is 0. The molecule has 0 spiro atoms. The molecular weight excluding hydrogens is 334 g/mol. The Kier molecular flexibility index (Phi) is 4.58. The predicted molar refractivity (Wildman–Crippen MR) is 87.4 cm³/mol. The van der Waals surface area contributed by atoms with Gasteiger partial charge in [-0.3, -0.25) is 0 Å². The third-order valence-corrected chi connectivity index (χ3v) is 4.49. The van der Waals surface area contributed by atoms with Gasteiger partial charge in [-0.25, -0.2) is 9.97 Å². The second kappa shape index (κ2) is 6.59. The number of hydrogen-bond acceptors (Lipinski definition) is 4. The third kappa shape index (κ3) is 3.96. The van der Waals surface area contributed by atoms with Crippen LogP contribution in [0, 0.1) is 0 Å². The van der Waals surface area contributed by atoms with Gasteiger partial charge in [0.2, 0.25) is 0 Å². The maximum absolute atomic E-state index is 4.58. The molecule has 1 aromatic heterocycles. The summed E-state index contributed by atoms with van der Waals surface area (Å²) in [5, 5.41) is 3.38. The maximum atomic E-state index is 4.58. The van der Waals surface area contributed by atoms with Crippen molar-refractivity contribution in [2.45, 2.75) is 23.7 Å². The average Bonchev–Trinajstić information content (AvgIpc) is 3.29. The van der Waals surface area contributed by atoms with Crippen molar-refractivity contribution in [1.29, 1.82) is 0 Å². The molecule has 2 aromatic rings. The van der Waals surface area contributed by atoms with Gasteiger partial charge in [0.15, 0.2) is 0 Å². The van der Waals surface area contributed by atoms with E-state index in [1.807, 2.05) is 23.9 Å². The molecule has 3 rings (SSSR count). The zero-order valence-electron chi connectivity index (χ0n) is 11.1. The largest absolute Gasteiger partial charge is 0.369 e. The lowest BCUT2D eigenvalue weighted by atomic mass is 10.4. The lowest BCUT2D eigenvalue weighted by Gasteiger charge is -2.07. The number of benzene rings is 1. The molecular formula is C15H16BrN3S. The Hall–Kier alpha value is -1.07. The molecule has 1 aliphatic carbocycles. The second-order valence-electron chi connectivity index (χ2n) is 4.80. The molecule has 1 aromatic carbocycles. The van der Waals surface area contributed by atoms with Crippen LogP contribution < -0.4 is 5.32 Å². The molecule has 0 aliphatic heterocycles. The highest BCUT2D eigenvalue weighted by atomic mass is 79.9. The summed E-state index contributed by atoms with van der Waals surface area (Å²) >= 11 is 5.31. The molecule has 0 amide bonds. The quantitative estimate of drug-likeness (QED) is 0.478. The van der Waals surface area contributed by atoms with Crippen LogP contribution in [0.5, 0.6) is 0 Å². The van der Waals surface area contributed by atoms with Crippen LogP contribution in [0.2, 0.25) is 0 Å². The zero-order valence-corrected chi connectivity index (χ0v) is 13.5. The van der Waals surface area contributed by atoms with E-state index in [9.17, 15) is 0 Å². The Morgan fingerprint density at radius 3 is 2.75 bits per heavy atom. The van der Waals surface area contributed by atoms with Crippen LogP contribution >= 0.6 is 27.7 Å². The summed E-state index contributed by atoms with van der Waals surface area (Å²) in [5.74, 6) is 3.48. The summed E-state index contributed by atoms with van der Waals surface area (Å²) < 4.78 is 0.868. The van der Waals surface area contributed by atoms with Crippen molar-refractivity contribution < 1.29 is 0 Å². The summed E-state index contributed by atoms with van der Waals surface area (Å²) in [6.07, 6.45) is 2.44. The van der Waals surface area contributed by atoms with Gasteiger partial charge in [-0.2, -0.15) is 0 Å². The SMILES string of the molecule is Brc1cc(NCCSc2ccccc2)nc(C2CC2)n1. The van der Waals surface area contributed by atoms with Crippen LogP contribution in [-0.4, -0.2) is 22.3 Å². The van der Waals surface area contributed by atoms with Crippen molar-refractivity contribution in [3.8, 4) is 0 Å². The summed E-state index contributed by atoms with van der Waals surface area (Å²) in [6, 6.07) is 12.4. The molecule has 5 heteroatoms. The molecule has 1 N–H and O–H groups in total. The molecule has 0 bridgehead atoms. The summed E-state index contributed by atoms with van der Waals surface area (Å²) in [7, 11) is 0.